The van der Waals surface area contributed by atoms with Crippen LogP contribution in [0, 0.1) is 16.7 Å². The molecule has 0 bridgehead atoms. The summed E-state index contributed by atoms with van der Waals surface area (Å²) in [5.74, 6) is 1.93. The number of carbonyl (C=O) groups is 2. The van der Waals surface area contributed by atoms with Crippen molar-refractivity contribution in [3.63, 3.8) is 0 Å². The molecular weight excluding hydrogens is 604 g/mol. The molecule has 0 spiro atoms. The van der Waals surface area contributed by atoms with Gasteiger partial charge in [-0.2, -0.15) is 0 Å². The number of hydrogen-bond acceptors (Lipinski definition) is 7. The minimum atomic E-state index is -0.611. The molecule has 0 fully saturated rings. The largest absolute Gasteiger partial charge is 0.496 e. The third-order valence-corrected chi connectivity index (χ3v) is 9.09. The van der Waals surface area contributed by atoms with Gasteiger partial charge in [-0.1, -0.05) is 84.0 Å². The van der Waals surface area contributed by atoms with Gasteiger partial charge in [0.2, 0.25) is 0 Å². The molecule has 3 aromatic rings. The first kappa shape index (κ1) is 38.2. The molecule has 0 saturated heterocycles. The first-order chi connectivity index (χ1) is 22.7. The number of rotatable bonds is 17. The quantitative estimate of drug-likeness (QED) is 0.0812. The Balaban J connectivity index is 1.45. The van der Waals surface area contributed by atoms with Gasteiger partial charge in [0.1, 0.15) is 36.1 Å². The Kier molecular flexibility index (Phi) is 13.7. The fourth-order valence-corrected chi connectivity index (χ4v) is 5.33. The average Bonchev–Trinajstić information content (AvgIpc) is 3.05. The van der Waals surface area contributed by atoms with Crippen LogP contribution < -0.4 is 14.2 Å². The highest BCUT2D eigenvalue weighted by Gasteiger charge is 2.47. The molecule has 0 N–H and O–H groups in total. The number of carbonyl (C=O) groups excluding carboxylic acids is 2. The molecule has 7 nitrogen and oxygen atoms in total. The molecule has 0 heterocycles. The molecule has 3 rings (SSSR count). The third kappa shape index (κ3) is 10.9. The fourth-order valence-electron chi connectivity index (χ4n) is 5.33. The zero-order valence-corrected chi connectivity index (χ0v) is 30.3. The summed E-state index contributed by atoms with van der Waals surface area (Å²) in [4.78, 5) is 25.6. The molecule has 0 amide bonds. The average molecular weight is 659 g/mol. The highest BCUT2D eigenvalue weighted by Crippen LogP contribution is 2.45. The molecule has 0 aromatic heterocycles. The molecular formula is C41H54O7. The van der Waals surface area contributed by atoms with E-state index in [0.717, 1.165) is 28.9 Å². The third-order valence-electron chi connectivity index (χ3n) is 9.09. The lowest BCUT2D eigenvalue weighted by molar-refractivity contribution is -0.180. The van der Waals surface area contributed by atoms with Crippen LogP contribution in [0.25, 0.3) is 17.2 Å². The summed E-state index contributed by atoms with van der Waals surface area (Å²) < 4.78 is 28.6. The first-order valence-corrected chi connectivity index (χ1v) is 16.9. The summed E-state index contributed by atoms with van der Waals surface area (Å²) in [7, 11) is 1.59. The van der Waals surface area contributed by atoms with Crippen molar-refractivity contribution in [2.45, 2.75) is 80.3 Å². The van der Waals surface area contributed by atoms with Crippen molar-refractivity contribution in [1.29, 1.82) is 0 Å². The van der Waals surface area contributed by atoms with Crippen molar-refractivity contribution >= 4 is 18.0 Å². The molecule has 0 radical (unpaired) electrons. The van der Waals surface area contributed by atoms with Gasteiger partial charge in [-0.25, -0.2) is 4.79 Å². The van der Waals surface area contributed by atoms with Gasteiger partial charge in [0, 0.05) is 18.1 Å². The Hall–Kier alpha value is -4.26. The summed E-state index contributed by atoms with van der Waals surface area (Å²) in [6, 6.07) is 23.1. The standard InChI is InChI=1S/C41H54O7/c1-10-40(7,48-38(43)41(8,29-30(2)3)39(4,5)6)25-26-45-34-20-15-31(16-21-34)32-17-22-35(23-18-32)46-27-28-47-37(42)24-19-33-13-11-12-14-36(33)44-9/h11-24,30H,10,25-29H2,1-9H3/b24-19-. The van der Waals surface area contributed by atoms with Crippen LogP contribution in [0.15, 0.2) is 78.9 Å². The van der Waals surface area contributed by atoms with E-state index in [2.05, 4.69) is 34.6 Å². The van der Waals surface area contributed by atoms with Gasteiger partial charge in [-0.3, -0.25) is 4.79 Å². The lowest BCUT2D eigenvalue weighted by Gasteiger charge is -2.43. The van der Waals surface area contributed by atoms with E-state index < -0.39 is 17.0 Å². The first-order valence-electron chi connectivity index (χ1n) is 16.9. The minimum absolute atomic E-state index is 0.132. The minimum Gasteiger partial charge on any atom is -0.496 e. The van der Waals surface area contributed by atoms with Crippen LogP contribution in [0.4, 0.5) is 0 Å². The number of para-hydroxylation sites is 1. The van der Waals surface area contributed by atoms with E-state index in [4.69, 9.17) is 23.7 Å². The maximum atomic E-state index is 13.5. The lowest BCUT2D eigenvalue weighted by atomic mass is 9.64. The van der Waals surface area contributed by atoms with E-state index in [9.17, 15) is 9.59 Å². The van der Waals surface area contributed by atoms with Crippen LogP contribution in [-0.4, -0.2) is 44.5 Å². The van der Waals surface area contributed by atoms with E-state index in [1.165, 1.54) is 6.08 Å². The summed E-state index contributed by atoms with van der Waals surface area (Å²) in [5.41, 5.74) is 1.47. The molecule has 0 aliphatic rings. The maximum Gasteiger partial charge on any atom is 0.330 e. The van der Waals surface area contributed by atoms with E-state index in [0.29, 0.717) is 36.9 Å². The molecule has 2 unspecified atom stereocenters. The molecule has 7 heteroatoms. The summed E-state index contributed by atoms with van der Waals surface area (Å²) >= 11 is 0. The summed E-state index contributed by atoms with van der Waals surface area (Å²) in [5, 5.41) is 0. The van der Waals surface area contributed by atoms with Crippen molar-refractivity contribution in [1.82, 2.24) is 0 Å². The highest BCUT2D eigenvalue weighted by molar-refractivity contribution is 5.87. The van der Waals surface area contributed by atoms with Gasteiger partial charge in [-0.05, 0) is 85.6 Å². The fraction of sp³-hybridized carbons (Fsp3) is 0.463. The number of benzene rings is 3. The van der Waals surface area contributed by atoms with Crippen LogP contribution in [0.3, 0.4) is 0 Å². The van der Waals surface area contributed by atoms with Crippen LogP contribution in [0.2, 0.25) is 0 Å². The Bertz CT molecular complexity index is 1480. The number of esters is 2. The number of ether oxygens (including phenoxy) is 5. The predicted octanol–water partition coefficient (Wildman–Crippen LogP) is 9.58. The van der Waals surface area contributed by atoms with Crippen molar-refractivity contribution in [3.8, 4) is 28.4 Å². The van der Waals surface area contributed by atoms with E-state index in [1.54, 1.807) is 13.2 Å². The molecule has 0 aliphatic heterocycles. The molecule has 0 saturated carbocycles. The second kappa shape index (κ2) is 17.2. The maximum absolute atomic E-state index is 13.5. The highest BCUT2D eigenvalue weighted by atomic mass is 16.6. The van der Waals surface area contributed by atoms with E-state index >= 15 is 0 Å². The van der Waals surface area contributed by atoms with Gasteiger partial charge < -0.3 is 23.7 Å². The molecule has 2 atom stereocenters. The van der Waals surface area contributed by atoms with E-state index in [1.807, 2.05) is 93.6 Å². The number of methoxy groups -OCH3 is 1. The van der Waals surface area contributed by atoms with Gasteiger partial charge in [0.15, 0.2) is 0 Å². The molecule has 0 aliphatic carbocycles. The zero-order valence-electron chi connectivity index (χ0n) is 30.3. The van der Waals surface area contributed by atoms with Crippen molar-refractivity contribution in [2.24, 2.45) is 16.7 Å². The van der Waals surface area contributed by atoms with Crippen molar-refractivity contribution in [3.05, 3.63) is 84.4 Å². The normalized spacial score (nSPS) is 14.2. The Labute approximate surface area is 287 Å². The zero-order chi connectivity index (χ0) is 35.4. The smallest absolute Gasteiger partial charge is 0.330 e. The molecule has 260 valence electrons. The van der Waals surface area contributed by atoms with Gasteiger partial charge in [0.25, 0.3) is 0 Å². The van der Waals surface area contributed by atoms with Crippen LogP contribution in [0.5, 0.6) is 17.2 Å². The van der Waals surface area contributed by atoms with Gasteiger partial charge >= 0.3 is 11.9 Å². The second-order valence-corrected chi connectivity index (χ2v) is 14.1. The Morgan fingerprint density at radius 3 is 1.85 bits per heavy atom. The second-order valence-electron chi connectivity index (χ2n) is 14.1. The Morgan fingerprint density at radius 1 is 0.771 bits per heavy atom. The summed E-state index contributed by atoms with van der Waals surface area (Å²) in [6.07, 6.45) is 5.11. The topological polar surface area (TPSA) is 80.3 Å². The lowest BCUT2D eigenvalue weighted by Crippen LogP contribution is -2.46. The van der Waals surface area contributed by atoms with E-state index in [-0.39, 0.29) is 24.6 Å². The van der Waals surface area contributed by atoms with Gasteiger partial charge in [-0.15, -0.1) is 0 Å². The number of hydrogen-bond donors (Lipinski definition) is 0. The van der Waals surface area contributed by atoms with Crippen molar-refractivity contribution < 1.29 is 33.3 Å². The van der Waals surface area contributed by atoms with Crippen LogP contribution in [-0.2, 0) is 19.1 Å². The summed E-state index contributed by atoms with van der Waals surface area (Å²) in [6.45, 7) is 17.5. The molecule has 48 heavy (non-hydrogen) atoms. The van der Waals surface area contributed by atoms with Crippen LogP contribution >= 0.6 is 0 Å². The van der Waals surface area contributed by atoms with Crippen LogP contribution in [0.1, 0.15) is 80.2 Å². The monoisotopic (exact) mass is 658 g/mol. The molecule has 3 aromatic carbocycles. The van der Waals surface area contributed by atoms with Crippen molar-refractivity contribution in [2.75, 3.05) is 26.9 Å². The predicted molar refractivity (Wildman–Crippen MR) is 192 cm³/mol. The Morgan fingerprint density at radius 2 is 1.33 bits per heavy atom. The SMILES string of the molecule is CCC(C)(CCOc1ccc(-c2ccc(OCCOC(=O)/C=C\c3ccccc3OC)cc2)cc1)OC(=O)C(C)(CC(C)C)C(C)(C)C. The van der Waals surface area contributed by atoms with Gasteiger partial charge in [0.05, 0.1) is 19.1 Å².